The summed E-state index contributed by atoms with van der Waals surface area (Å²) in [7, 11) is 3.80. The molecule has 0 aliphatic heterocycles. The van der Waals surface area contributed by atoms with Crippen LogP contribution in [0.3, 0.4) is 0 Å². The molecule has 2 amide bonds. The van der Waals surface area contributed by atoms with Crippen LogP contribution in [-0.4, -0.2) is 43.9 Å². The molecule has 0 aromatic heterocycles. The van der Waals surface area contributed by atoms with Gasteiger partial charge >= 0.3 is 11.8 Å². The van der Waals surface area contributed by atoms with Crippen LogP contribution in [0.4, 0.5) is 5.69 Å². The third-order valence-corrected chi connectivity index (χ3v) is 2.08. The van der Waals surface area contributed by atoms with Crippen molar-refractivity contribution in [2.24, 2.45) is 0 Å². The molecule has 0 bridgehead atoms. The number of nitrogens with zero attached hydrogens (tertiary/aromatic N) is 1. The molecule has 0 aliphatic carbocycles. The van der Waals surface area contributed by atoms with Crippen molar-refractivity contribution in [3.05, 3.63) is 30.3 Å². The van der Waals surface area contributed by atoms with Gasteiger partial charge in [0.15, 0.2) is 0 Å². The summed E-state index contributed by atoms with van der Waals surface area (Å²) in [5, 5.41) is 5.06. The number of carbonyl (C=O) groups is 2. The van der Waals surface area contributed by atoms with Crippen molar-refractivity contribution >= 4 is 17.5 Å². The predicted molar refractivity (Wildman–Crippen MR) is 66.6 cm³/mol. The van der Waals surface area contributed by atoms with Crippen LogP contribution >= 0.6 is 0 Å². The van der Waals surface area contributed by atoms with E-state index in [9.17, 15) is 9.59 Å². The van der Waals surface area contributed by atoms with E-state index < -0.39 is 11.8 Å². The van der Waals surface area contributed by atoms with Crippen molar-refractivity contribution < 1.29 is 9.59 Å². The minimum Gasteiger partial charge on any atom is -0.347 e. The van der Waals surface area contributed by atoms with E-state index in [2.05, 4.69) is 10.6 Å². The van der Waals surface area contributed by atoms with E-state index in [4.69, 9.17) is 0 Å². The van der Waals surface area contributed by atoms with E-state index >= 15 is 0 Å². The van der Waals surface area contributed by atoms with Crippen LogP contribution < -0.4 is 10.6 Å². The minimum absolute atomic E-state index is 0.452. The highest BCUT2D eigenvalue weighted by atomic mass is 16.2. The number of para-hydroxylation sites is 1. The molecule has 0 aliphatic rings. The molecule has 5 nitrogen and oxygen atoms in total. The monoisotopic (exact) mass is 235 g/mol. The second-order valence-corrected chi connectivity index (χ2v) is 3.88. The molecule has 1 aromatic carbocycles. The summed E-state index contributed by atoms with van der Waals surface area (Å²) in [6.07, 6.45) is 0. The maximum absolute atomic E-state index is 11.5. The Morgan fingerprint density at radius 3 is 2.35 bits per heavy atom. The highest BCUT2D eigenvalue weighted by Crippen LogP contribution is 2.04. The topological polar surface area (TPSA) is 61.4 Å². The summed E-state index contributed by atoms with van der Waals surface area (Å²) in [6, 6.07) is 8.88. The van der Waals surface area contributed by atoms with Crippen molar-refractivity contribution in [1.82, 2.24) is 10.2 Å². The summed E-state index contributed by atoms with van der Waals surface area (Å²) in [5.41, 5.74) is 0.611. The molecule has 2 N–H and O–H groups in total. The third kappa shape index (κ3) is 5.12. The first kappa shape index (κ1) is 13.2. The number of amides is 2. The van der Waals surface area contributed by atoms with Crippen molar-refractivity contribution in [3.63, 3.8) is 0 Å². The average molecular weight is 235 g/mol. The number of benzene rings is 1. The Morgan fingerprint density at radius 1 is 1.12 bits per heavy atom. The van der Waals surface area contributed by atoms with Gasteiger partial charge in [-0.3, -0.25) is 9.59 Å². The smallest absolute Gasteiger partial charge is 0.313 e. The summed E-state index contributed by atoms with van der Waals surface area (Å²) < 4.78 is 0. The van der Waals surface area contributed by atoms with Gasteiger partial charge in [-0.1, -0.05) is 18.2 Å². The van der Waals surface area contributed by atoms with Crippen LogP contribution in [-0.2, 0) is 9.59 Å². The molecule has 0 unspecified atom stereocenters. The number of likely N-dealkylation sites (N-methyl/N-ethyl adjacent to an activating group) is 1. The van der Waals surface area contributed by atoms with Crippen LogP contribution in [0.5, 0.6) is 0 Å². The van der Waals surface area contributed by atoms with E-state index in [1.54, 1.807) is 24.3 Å². The van der Waals surface area contributed by atoms with Gasteiger partial charge in [0.25, 0.3) is 0 Å². The molecule has 0 heterocycles. The maximum Gasteiger partial charge on any atom is 0.313 e. The molecule has 1 aromatic rings. The van der Waals surface area contributed by atoms with E-state index in [0.29, 0.717) is 18.8 Å². The lowest BCUT2D eigenvalue weighted by Gasteiger charge is -2.10. The van der Waals surface area contributed by atoms with E-state index in [-0.39, 0.29) is 0 Å². The molecule has 0 saturated heterocycles. The van der Waals surface area contributed by atoms with Crippen molar-refractivity contribution in [2.75, 3.05) is 32.5 Å². The van der Waals surface area contributed by atoms with Crippen molar-refractivity contribution in [1.29, 1.82) is 0 Å². The van der Waals surface area contributed by atoms with Gasteiger partial charge in [0, 0.05) is 18.8 Å². The zero-order chi connectivity index (χ0) is 12.7. The number of rotatable bonds is 4. The Morgan fingerprint density at radius 2 is 1.76 bits per heavy atom. The van der Waals surface area contributed by atoms with E-state index in [1.807, 2.05) is 25.1 Å². The zero-order valence-electron chi connectivity index (χ0n) is 10.1. The van der Waals surface area contributed by atoms with Gasteiger partial charge in [-0.05, 0) is 26.2 Å². The van der Waals surface area contributed by atoms with Crippen molar-refractivity contribution in [2.45, 2.75) is 0 Å². The Bertz CT molecular complexity index is 377. The molecule has 0 spiro atoms. The first-order chi connectivity index (χ1) is 8.09. The van der Waals surface area contributed by atoms with E-state index in [0.717, 1.165) is 0 Å². The molecular weight excluding hydrogens is 218 g/mol. The van der Waals surface area contributed by atoms with Crippen molar-refractivity contribution in [3.8, 4) is 0 Å². The second-order valence-electron chi connectivity index (χ2n) is 3.88. The summed E-state index contributed by atoms with van der Waals surface area (Å²) in [5.74, 6) is -1.26. The maximum atomic E-state index is 11.5. The van der Waals surface area contributed by atoms with Crippen LogP contribution in [0.15, 0.2) is 30.3 Å². The molecule has 0 fully saturated rings. The number of hydrogen-bond donors (Lipinski definition) is 2. The fraction of sp³-hybridized carbons (Fsp3) is 0.333. The van der Waals surface area contributed by atoms with Gasteiger partial charge in [0.1, 0.15) is 0 Å². The number of hydrogen-bond acceptors (Lipinski definition) is 3. The summed E-state index contributed by atoms with van der Waals surface area (Å²) in [4.78, 5) is 24.8. The minimum atomic E-state index is -0.644. The number of carbonyl (C=O) groups excluding carboxylic acids is 2. The van der Waals surface area contributed by atoms with E-state index in [1.165, 1.54) is 0 Å². The molecule has 0 saturated carbocycles. The van der Waals surface area contributed by atoms with Gasteiger partial charge in [0.2, 0.25) is 0 Å². The Balaban J connectivity index is 2.35. The second kappa shape index (κ2) is 6.65. The Kier molecular flexibility index (Phi) is 5.16. The zero-order valence-corrected chi connectivity index (χ0v) is 10.1. The molecule has 92 valence electrons. The quantitative estimate of drug-likeness (QED) is 0.738. The van der Waals surface area contributed by atoms with Gasteiger partial charge in [-0.25, -0.2) is 0 Å². The molecule has 0 radical (unpaired) electrons. The first-order valence-electron chi connectivity index (χ1n) is 5.38. The Hall–Kier alpha value is -1.88. The lowest BCUT2D eigenvalue weighted by molar-refractivity contribution is -0.136. The molecule has 17 heavy (non-hydrogen) atoms. The lowest BCUT2D eigenvalue weighted by Crippen LogP contribution is -2.38. The SMILES string of the molecule is CN(C)CCNC(=O)C(=O)Nc1ccccc1. The van der Waals surface area contributed by atoms with Gasteiger partial charge in [0.05, 0.1) is 0 Å². The fourth-order valence-electron chi connectivity index (χ4n) is 1.18. The Labute approximate surface area is 101 Å². The van der Waals surface area contributed by atoms with Crippen LogP contribution in [0.25, 0.3) is 0 Å². The van der Waals surface area contributed by atoms with Crippen LogP contribution in [0.1, 0.15) is 0 Å². The molecule has 0 atom stereocenters. The molecule has 1 rings (SSSR count). The average Bonchev–Trinajstić information content (AvgIpc) is 2.29. The highest BCUT2D eigenvalue weighted by molar-refractivity contribution is 6.39. The predicted octanol–water partition coefficient (Wildman–Crippen LogP) is 0.303. The highest BCUT2D eigenvalue weighted by Gasteiger charge is 2.12. The number of anilines is 1. The van der Waals surface area contributed by atoms with Gasteiger partial charge in [-0.2, -0.15) is 0 Å². The van der Waals surface area contributed by atoms with Crippen LogP contribution in [0.2, 0.25) is 0 Å². The summed E-state index contributed by atoms with van der Waals surface area (Å²) in [6.45, 7) is 1.15. The standard InChI is InChI=1S/C12H17N3O2/c1-15(2)9-8-13-11(16)12(17)14-10-6-4-3-5-7-10/h3-7H,8-9H2,1-2H3,(H,13,16)(H,14,17). The fourth-order valence-corrected chi connectivity index (χ4v) is 1.18. The molecule has 5 heteroatoms. The summed E-state index contributed by atoms with van der Waals surface area (Å²) >= 11 is 0. The first-order valence-corrected chi connectivity index (χ1v) is 5.38. The van der Waals surface area contributed by atoms with Gasteiger partial charge < -0.3 is 15.5 Å². The molecular formula is C12H17N3O2. The third-order valence-electron chi connectivity index (χ3n) is 2.08. The van der Waals surface area contributed by atoms with Gasteiger partial charge in [-0.15, -0.1) is 0 Å². The lowest BCUT2D eigenvalue weighted by atomic mass is 10.3. The van der Waals surface area contributed by atoms with Crippen LogP contribution in [0, 0.1) is 0 Å². The normalized spacial score (nSPS) is 10.1. The largest absolute Gasteiger partial charge is 0.347 e. The number of nitrogens with one attached hydrogen (secondary N) is 2.